The molecule has 0 radical (unpaired) electrons. The van der Waals surface area contributed by atoms with Gasteiger partial charge in [0.1, 0.15) is 23.9 Å². The molecule has 4 heterocycles. The molecule has 2 aromatic rings. The lowest BCUT2D eigenvalue weighted by molar-refractivity contribution is -0.130. The Hall–Kier alpha value is -3.26. The second-order valence-corrected chi connectivity index (χ2v) is 10.1. The molecule has 3 saturated heterocycles. The molecule has 192 valence electrons. The van der Waals surface area contributed by atoms with E-state index in [1.807, 2.05) is 6.92 Å². The summed E-state index contributed by atoms with van der Waals surface area (Å²) in [5.41, 5.74) is 0.684. The zero-order valence-electron chi connectivity index (χ0n) is 20.2. The number of hydrogen-bond acceptors (Lipinski definition) is 7. The summed E-state index contributed by atoms with van der Waals surface area (Å²) in [7, 11) is 1.55. The summed E-state index contributed by atoms with van der Waals surface area (Å²) in [5, 5.41) is 12.4. The van der Waals surface area contributed by atoms with Crippen LogP contribution in [-0.2, 0) is 11.2 Å². The van der Waals surface area contributed by atoms with Crippen molar-refractivity contribution in [3.05, 3.63) is 35.2 Å². The number of hydrogen-bond donors (Lipinski definition) is 1. The van der Waals surface area contributed by atoms with Crippen LogP contribution in [0, 0.1) is 11.3 Å². The van der Waals surface area contributed by atoms with Crippen LogP contribution in [-0.4, -0.2) is 55.0 Å². The molecule has 2 unspecified atom stereocenters. The number of alkyl halides is 3. The lowest BCUT2D eigenvalue weighted by Gasteiger charge is -2.45. The molecule has 5 rings (SSSR count). The normalized spacial score (nSPS) is 22.8. The summed E-state index contributed by atoms with van der Waals surface area (Å²) in [5.74, 6) is -1.38. The highest BCUT2D eigenvalue weighted by atomic mass is 19.4. The highest BCUT2D eigenvalue weighted by molar-refractivity contribution is 6.04. The Morgan fingerprint density at radius 1 is 1.28 bits per heavy atom. The van der Waals surface area contributed by atoms with E-state index in [1.165, 1.54) is 6.42 Å². The lowest BCUT2D eigenvalue weighted by Crippen LogP contribution is -2.61. The van der Waals surface area contributed by atoms with Crippen LogP contribution in [0.2, 0.25) is 0 Å². The molecule has 8 nitrogen and oxygen atoms in total. The van der Waals surface area contributed by atoms with Gasteiger partial charge in [0, 0.05) is 24.9 Å². The predicted octanol–water partition coefficient (Wildman–Crippen LogP) is 4.65. The van der Waals surface area contributed by atoms with E-state index >= 15 is 0 Å². The number of nitriles is 1. The number of carbonyl (C=O) groups excluding carboxylic acids is 1. The van der Waals surface area contributed by atoms with Crippen molar-refractivity contribution in [2.24, 2.45) is 0 Å². The van der Waals surface area contributed by atoms with Crippen LogP contribution in [0.3, 0.4) is 0 Å². The molecular formula is C25H28F3N5O3. The van der Waals surface area contributed by atoms with Gasteiger partial charge in [0.25, 0.3) is 11.9 Å². The van der Waals surface area contributed by atoms with Crippen LogP contribution < -0.4 is 15.1 Å². The fourth-order valence-corrected chi connectivity index (χ4v) is 5.61. The summed E-state index contributed by atoms with van der Waals surface area (Å²) in [6.07, 6.45) is -0.419. The fraction of sp³-hybridized carbons (Fsp3) is 0.560. The minimum absolute atomic E-state index is 0.0532. The van der Waals surface area contributed by atoms with Crippen molar-refractivity contribution >= 4 is 23.3 Å². The molecule has 0 aliphatic carbocycles. The molecule has 2 bridgehead atoms. The zero-order chi connectivity index (χ0) is 25.7. The Kier molecular flexibility index (Phi) is 6.11. The van der Waals surface area contributed by atoms with Crippen LogP contribution in [0.4, 0.5) is 30.6 Å². The van der Waals surface area contributed by atoms with Gasteiger partial charge in [0.15, 0.2) is 5.69 Å². The number of halogens is 3. The van der Waals surface area contributed by atoms with E-state index < -0.39 is 35.6 Å². The maximum Gasteiger partial charge on any atom is 0.396 e. The predicted molar refractivity (Wildman–Crippen MR) is 126 cm³/mol. The minimum Gasteiger partial charge on any atom is -0.427 e. The molecule has 2 atom stereocenters. The maximum absolute atomic E-state index is 13.2. The van der Waals surface area contributed by atoms with Crippen LogP contribution in [0.15, 0.2) is 22.6 Å². The van der Waals surface area contributed by atoms with Crippen molar-refractivity contribution in [3.63, 3.8) is 0 Å². The van der Waals surface area contributed by atoms with E-state index in [2.05, 4.69) is 21.3 Å². The van der Waals surface area contributed by atoms with Crippen molar-refractivity contribution in [3.8, 4) is 6.07 Å². The van der Waals surface area contributed by atoms with Crippen molar-refractivity contribution in [1.29, 1.82) is 5.26 Å². The van der Waals surface area contributed by atoms with E-state index in [1.54, 1.807) is 30.2 Å². The van der Waals surface area contributed by atoms with Crippen LogP contribution >= 0.6 is 0 Å². The minimum atomic E-state index is -4.58. The zero-order valence-corrected chi connectivity index (χ0v) is 20.2. The molecule has 0 spiro atoms. The third kappa shape index (κ3) is 4.62. The SMILES string of the molecule is COC1(C)CN(c2nc(C(=O)Nc3ccc(N4C5CCCC4CC5)c(C#N)c3)c(CC(F)(F)F)o2)C1. The van der Waals surface area contributed by atoms with Gasteiger partial charge in [-0.15, -0.1) is 0 Å². The van der Waals surface area contributed by atoms with E-state index in [4.69, 9.17) is 9.15 Å². The van der Waals surface area contributed by atoms with Gasteiger partial charge in [-0.05, 0) is 57.2 Å². The summed E-state index contributed by atoms with van der Waals surface area (Å²) >= 11 is 0. The smallest absolute Gasteiger partial charge is 0.396 e. The number of carbonyl (C=O) groups is 1. The first-order valence-electron chi connectivity index (χ1n) is 12.1. The number of nitrogens with one attached hydrogen (secondary N) is 1. The standard InChI is InChI=1S/C25H28F3N5O3/c1-24(35-2)13-32(14-24)23-31-21(20(36-23)11-25(26,27)28)22(34)30-16-6-9-19(15(10-16)12-29)33-17-4-3-5-18(33)8-7-17/h6,9-10,17-18H,3-5,7-8,11,13-14H2,1-2H3,(H,30,34). The molecular weight excluding hydrogens is 475 g/mol. The van der Waals surface area contributed by atoms with E-state index in [0.717, 1.165) is 31.4 Å². The van der Waals surface area contributed by atoms with E-state index in [-0.39, 0.29) is 6.01 Å². The van der Waals surface area contributed by atoms with Gasteiger partial charge in [0.05, 0.1) is 24.3 Å². The Morgan fingerprint density at radius 3 is 2.58 bits per heavy atom. The number of amides is 1. The summed E-state index contributed by atoms with van der Waals surface area (Å²) < 4.78 is 50.3. The number of methoxy groups -OCH3 is 1. The second-order valence-electron chi connectivity index (χ2n) is 10.1. The number of nitrogens with zero attached hydrogens (tertiary/aromatic N) is 4. The topological polar surface area (TPSA) is 94.6 Å². The molecule has 36 heavy (non-hydrogen) atoms. The Bertz CT molecular complexity index is 1180. The van der Waals surface area contributed by atoms with Gasteiger partial charge in [-0.1, -0.05) is 0 Å². The quantitative estimate of drug-likeness (QED) is 0.613. The molecule has 1 amide bonds. The molecule has 1 N–H and O–H groups in total. The summed E-state index contributed by atoms with van der Waals surface area (Å²) in [6, 6.07) is 8.02. The van der Waals surface area contributed by atoms with E-state index in [9.17, 15) is 23.2 Å². The lowest BCUT2D eigenvalue weighted by atomic mass is 9.97. The first kappa shape index (κ1) is 24.4. The number of rotatable bonds is 6. The molecule has 11 heteroatoms. The van der Waals surface area contributed by atoms with E-state index in [0.29, 0.717) is 36.4 Å². The fourth-order valence-electron chi connectivity index (χ4n) is 5.61. The third-order valence-corrected chi connectivity index (χ3v) is 7.42. The number of oxazole rings is 1. The van der Waals surface area contributed by atoms with Crippen LogP contribution in [0.25, 0.3) is 0 Å². The second kappa shape index (κ2) is 9.00. The Labute approximate surface area is 207 Å². The molecule has 3 aliphatic heterocycles. The highest BCUT2D eigenvalue weighted by Crippen LogP contribution is 2.41. The Morgan fingerprint density at radius 2 is 1.97 bits per heavy atom. The first-order valence-corrected chi connectivity index (χ1v) is 12.1. The van der Waals surface area contributed by atoms with Crippen LogP contribution in [0.1, 0.15) is 60.8 Å². The molecule has 1 aromatic heterocycles. The van der Waals surface area contributed by atoms with Gasteiger partial charge in [-0.2, -0.15) is 23.4 Å². The van der Waals surface area contributed by atoms with Crippen molar-refractivity contribution in [1.82, 2.24) is 4.98 Å². The maximum atomic E-state index is 13.2. The third-order valence-electron chi connectivity index (χ3n) is 7.42. The number of ether oxygens (including phenoxy) is 1. The number of fused-ring (bicyclic) bond motifs is 2. The van der Waals surface area contributed by atoms with Gasteiger partial charge in [0.2, 0.25) is 0 Å². The van der Waals surface area contributed by atoms with Crippen molar-refractivity contribution in [2.45, 2.75) is 69.3 Å². The van der Waals surface area contributed by atoms with Crippen LogP contribution in [0.5, 0.6) is 0 Å². The number of anilines is 3. The monoisotopic (exact) mass is 503 g/mol. The first-order chi connectivity index (χ1) is 17.1. The number of aromatic nitrogens is 1. The number of piperidine rings is 1. The molecule has 0 saturated carbocycles. The van der Waals surface area contributed by atoms with Gasteiger partial charge < -0.3 is 24.3 Å². The average Bonchev–Trinajstić information content (AvgIpc) is 3.32. The Balaban J connectivity index is 1.37. The van der Waals surface area contributed by atoms with Crippen molar-refractivity contribution < 1.29 is 27.1 Å². The summed E-state index contributed by atoms with van der Waals surface area (Å²) in [6.45, 7) is 2.62. The molecule has 3 fully saturated rings. The molecule has 1 aromatic carbocycles. The van der Waals surface area contributed by atoms with Gasteiger partial charge in [-0.3, -0.25) is 4.79 Å². The van der Waals surface area contributed by atoms with Crippen molar-refractivity contribution in [2.75, 3.05) is 35.3 Å². The number of benzene rings is 1. The average molecular weight is 504 g/mol. The summed E-state index contributed by atoms with van der Waals surface area (Å²) in [4.78, 5) is 21.0. The molecule has 3 aliphatic rings. The largest absolute Gasteiger partial charge is 0.427 e. The van der Waals surface area contributed by atoms with Gasteiger partial charge >= 0.3 is 6.18 Å². The van der Waals surface area contributed by atoms with Gasteiger partial charge in [-0.25, -0.2) is 0 Å². The highest BCUT2D eigenvalue weighted by Gasteiger charge is 2.43.